The number of benzene rings is 1. The van der Waals surface area contributed by atoms with Gasteiger partial charge in [0.25, 0.3) is 0 Å². The molecule has 1 fully saturated rings. The van der Waals surface area contributed by atoms with Crippen LogP contribution in [0.3, 0.4) is 0 Å². The Labute approximate surface area is 121 Å². The lowest BCUT2D eigenvalue weighted by Gasteiger charge is -2.35. The van der Waals surface area contributed by atoms with Crippen LogP contribution in [0.1, 0.15) is 51.0 Å². The van der Waals surface area contributed by atoms with Gasteiger partial charge in [-0.25, -0.2) is 0 Å². The highest BCUT2D eigenvalue weighted by molar-refractivity contribution is 7.80. The first kappa shape index (κ1) is 14.5. The molecule has 1 aliphatic rings. The summed E-state index contributed by atoms with van der Waals surface area (Å²) in [5, 5.41) is 11.0. The molecule has 1 aromatic carbocycles. The van der Waals surface area contributed by atoms with Gasteiger partial charge in [-0.15, -0.1) is 0 Å². The van der Waals surface area contributed by atoms with Crippen LogP contribution in [-0.2, 0) is 5.72 Å². The van der Waals surface area contributed by atoms with Gasteiger partial charge in [0.2, 0.25) is 0 Å². The molecule has 0 amide bonds. The van der Waals surface area contributed by atoms with E-state index < -0.39 is 5.72 Å². The average molecular weight is 277 g/mol. The van der Waals surface area contributed by atoms with Crippen molar-refractivity contribution in [2.24, 2.45) is 0 Å². The third-order valence-corrected chi connectivity index (χ3v) is 4.33. The summed E-state index contributed by atoms with van der Waals surface area (Å²) in [6.07, 6.45) is 6.32. The van der Waals surface area contributed by atoms with Crippen LogP contribution < -0.4 is 0 Å². The number of rotatable bonds is 6. The molecule has 2 rings (SSSR count). The van der Waals surface area contributed by atoms with Crippen molar-refractivity contribution in [2.75, 3.05) is 6.54 Å². The summed E-state index contributed by atoms with van der Waals surface area (Å²) in [4.78, 5) is 2.94. The molecule has 19 heavy (non-hydrogen) atoms. The number of nitrogens with zero attached hydrogens (tertiary/aromatic N) is 1. The summed E-state index contributed by atoms with van der Waals surface area (Å²) in [6.45, 7) is 3.07. The first-order valence-corrected chi connectivity index (χ1v) is 7.67. The molecule has 104 valence electrons. The molecule has 1 unspecified atom stereocenters. The lowest BCUT2D eigenvalue weighted by atomic mass is 10.00. The van der Waals surface area contributed by atoms with Crippen LogP contribution in [0.25, 0.3) is 0 Å². The summed E-state index contributed by atoms with van der Waals surface area (Å²) < 4.78 is 0. The number of likely N-dealkylation sites (tertiary alicyclic amines) is 1. The summed E-state index contributed by atoms with van der Waals surface area (Å²) in [7, 11) is 0. The Morgan fingerprint density at radius 3 is 2.63 bits per heavy atom. The molecule has 1 N–H and O–H groups in total. The van der Waals surface area contributed by atoms with Crippen molar-refractivity contribution in [3.63, 3.8) is 0 Å². The smallest absolute Gasteiger partial charge is 0.165 e. The lowest BCUT2D eigenvalue weighted by Crippen LogP contribution is -2.43. The summed E-state index contributed by atoms with van der Waals surface area (Å²) in [6, 6.07) is 9.92. The van der Waals surface area contributed by atoms with Gasteiger partial charge in [0, 0.05) is 24.9 Å². The Morgan fingerprint density at radius 1 is 1.21 bits per heavy atom. The fraction of sp³-hybridized carbons (Fsp3) is 0.562. The molecule has 1 saturated heterocycles. The summed E-state index contributed by atoms with van der Waals surface area (Å²) in [5.41, 5.74) is 0.0789. The van der Waals surface area contributed by atoms with E-state index in [2.05, 4.69) is 6.92 Å². The van der Waals surface area contributed by atoms with Gasteiger partial charge in [-0.3, -0.25) is 0 Å². The second kappa shape index (κ2) is 6.49. The van der Waals surface area contributed by atoms with Crippen LogP contribution in [0.2, 0.25) is 0 Å². The minimum absolute atomic E-state index is 0.712. The number of aliphatic hydroxyl groups is 1. The van der Waals surface area contributed by atoms with E-state index in [0.29, 0.717) is 6.42 Å². The third kappa shape index (κ3) is 3.15. The Hall–Kier alpha value is -0.930. The Bertz CT molecular complexity index is 420. The van der Waals surface area contributed by atoms with Crippen LogP contribution in [0, 0.1) is 0 Å². The van der Waals surface area contributed by atoms with Crippen LogP contribution >= 0.6 is 12.2 Å². The van der Waals surface area contributed by atoms with Gasteiger partial charge in [-0.1, -0.05) is 68.7 Å². The zero-order valence-electron chi connectivity index (χ0n) is 11.6. The number of hydrogen-bond donors (Lipinski definition) is 1. The van der Waals surface area contributed by atoms with Crippen molar-refractivity contribution >= 4 is 17.2 Å². The zero-order chi connectivity index (χ0) is 13.7. The maximum Gasteiger partial charge on any atom is 0.165 e. The minimum atomic E-state index is -0.884. The van der Waals surface area contributed by atoms with Crippen LogP contribution in [0.4, 0.5) is 0 Å². The highest BCUT2D eigenvalue weighted by atomic mass is 32.1. The highest BCUT2D eigenvalue weighted by Crippen LogP contribution is 2.37. The molecule has 1 heterocycles. The fourth-order valence-electron chi connectivity index (χ4n) is 2.77. The Morgan fingerprint density at radius 2 is 1.95 bits per heavy atom. The van der Waals surface area contributed by atoms with Gasteiger partial charge in [0.1, 0.15) is 0 Å². The van der Waals surface area contributed by atoms with Crippen LogP contribution in [0.5, 0.6) is 0 Å². The van der Waals surface area contributed by atoms with Crippen molar-refractivity contribution in [3.05, 3.63) is 35.9 Å². The normalized spacial score (nSPS) is 23.1. The van der Waals surface area contributed by atoms with Crippen LogP contribution in [0.15, 0.2) is 30.3 Å². The molecule has 0 aliphatic carbocycles. The van der Waals surface area contributed by atoms with Crippen molar-refractivity contribution in [2.45, 2.75) is 51.2 Å². The molecule has 2 nitrogen and oxygen atoms in total. The third-order valence-electron chi connectivity index (χ3n) is 3.91. The topological polar surface area (TPSA) is 23.5 Å². The largest absolute Gasteiger partial charge is 0.367 e. The molecule has 1 aromatic rings. The van der Waals surface area contributed by atoms with E-state index in [-0.39, 0.29) is 0 Å². The van der Waals surface area contributed by atoms with Gasteiger partial charge in [0.05, 0.1) is 4.99 Å². The van der Waals surface area contributed by atoms with E-state index >= 15 is 0 Å². The first-order valence-electron chi connectivity index (χ1n) is 7.27. The highest BCUT2D eigenvalue weighted by Gasteiger charge is 2.42. The van der Waals surface area contributed by atoms with E-state index in [1.165, 1.54) is 19.3 Å². The zero-order valence-corrected chi connectivity index (χ0v) is 12.5. The maximum atomic E-state index is 11.0. The number of hydrogen-bond acceptors (Lipinski definition) is 2. The van der Waals surface area contributed by atoms with Gasteiger partial charge in [-0.2, -0.15) is 0 Å². The average Bonchev–Trinajstić information content (AvgIpc) is 2.73. The lowest BCUT2D eigenvalue weighted by molar-refractivity contribution is -0.0642. The summed E-state index contributed by atoms with van der Waals surface area (Å²) >= 11 is 5.43. The predicted octanol–water partition coefficient (Wildman–Crippen LogP) is 3.84. The molecule has 1 atom stereocenters. The van der Waals surface area contributed by atoms with Crippen molar-refractivity contribution in [1.29, 1.82) is 0 Å². The van der Waals surface area contributed by atoms with Gasteiger partial charge >= 0.3 is 0 Å². The standard InChI is InChI=1S/C16H23NOS/c1-2-3-4-8-13-17-15(19)11-12-16(17,18)14-9-6-5-7-10-14/h5-7,9-10,18H,2-4,8,11-13H2,1H3. The van der Waals surface area contributed by atoms with Gasteiger partial charge in [0.15, 0.2) is 5.72 Å². The number of thiocarbonyl (C=S) groups is 1. The van der Waals surface area contributed by atoms with Gasteiger partial charge < -0.3 is 10.0 Å². The molecular formula is C16H23NOS. The summed E-state index contributed by atoms with van der Waals surface area (Å²) in [5.74, 6) is 0. The van der Waals surface area contributed by atoms with Crippen molar-refractivity contribution in [3.8, 4) is 0 Å². The Kier molecular flexibility index (Phi) is 4.94. The molecule has 0 bridgehead atoms. The second-order valence-corrected chi connectivity index (χ2v) is 5.76. The molecule has 1 aliphatic heterocycles. The quantitative estimate of drug-likeness (QED) is 0.631. The monoisotopic (exact) mass is 277 g/mol. The fourth-order valence-corrected chi connectivity index (χ4v) is 3.11. The minimum Gasteiger partial charge on any atom is -0.367 e. The van der Waals surface area contributed by atoms with Gasteiger partial charge in [-0.05, 0) is 6.42 Å². The van der Waals surface area contributed by atoms with Crippen molar-refractivity contribution in [1.82, 2.24) is 4.90 Å². The SMILES string of the molecule is CCCCCCN1C(=S)CCC1(O)c1ccccc1. The maximum absolute atomic E-state index is 11.0. The molecule has 0 saturated carbocycles. The number of unbranched alkanes of at least 4 members (excludes halogenated alkanes) is 3. The molecule has 0 radical (unpaired) electrons. The molecule has 3 heteroatoms. The van der Waals surface area contributed by atoms with Crippen LogP contribution in [-0.4, -0.2) is 21.5 Å². The predicted molar refractivity (Wildman–Crippen MR) is 83.0 cm³/mol. The van der Waals surface area contributed by atoms with E-state index in [1.807, 2.05) is 35.2 Å². The molecule has 0 aromatic heterocycles. The van der Waals surface area contributed by atoms with Crippen molar-refractivity contribution < 1.29 is 5.11 Å². The van der Waals surface area contributed by atoms with E-state index in [4.69, 9.17) is 12.2 Å². The second-order valence-electron chi connectivity index (χ2n) is 5.29. The van der Waals surface area contributed by atoms with E-state index in [0.717, 1.165) is 29.9 Å². The first-order chi connectivity index (χ1) is 9.18. The van der Waals surface area contributed by atoms with E-state index in [9.17, 15) is 5.11 Å². The molecular weight excluding hydrogens is 254 g/mol. The Balaban J connectivity index is 2.08. The van der Waals surface area contributed by atoms with E-state index in [1.54, 1.807) is 0 Å². The molecule has 0 spiro atoms.